The van der Waals surface area contributed by atoms with E-state index < -0.39 is 0 Å². The second-order valence-corrected chi connectivity index (χ2v) is 4.42. The van der Waals surface area contributed by atoms with E-state index in [-0.39, 0.29) is 11.9 Å². The van der Waals surface area contributed by atoms with Gasteiger partial charge in [-0.15, -0.1) is 0 Å². The van der Waals surface area contributed by atoms with Crippen molar-refractivity contribution in [2.75, 3.05) is 11.0 Å². The number of alkyl halides is 1. The molecule has 0 aromatic heterocycles. The van der Waals surface area contributed by atoms with Gasteiger partial charge in [0, 0.05) is 11.0 Å². The summed E-state index contributed by atoms with van der Waals surface area (Å²) >= 11 is 2.36. The highest BCUT2D eigenvalue weighted by molar-refractivity contribution is 14.1. The summed E-state index contributed by atoms with van der Waals surface area (Å²) in [4.78, 5) is 0. The Bertz CT molecular complexity index is 115. The first-order chi connectivity index (χ1) is 5.52. The van der Waals surface area contributed by atoms with Crippen LogP contribution in [0.25, 0.3) is 0 Å². The lowest BCUT2D eigenvalue weighted by molar-refractivity contribution is -0.188. The van der Waals surface area contributed by atoms with Crippen LogP contribution in [0.5, 0.6) is 0 Å². The molecule has 0 radical (unpaired) electrons. The van der Waals surface area contributed by atoms with Gasteiger partial charge in [0.05, 0.1) is 5.60 Å². The molecule has 0 aromatic carbocycles. The molecule has 0 aliphatic carbocycles. The molecule has 2 nitrogen and oxygen atoms in total. The standard InChI is InChI=1S/C9H19IO2/c1-5-11-8(2)12-9(3,4)6-7-10/h8H,5-7H2,1-4H3. The monoisotopic (exact) mass is 286 g/mol. The molecule has 0 saturated heterocycles. The van der Waals surface area contributed by atoms with Crippen LogP contribution in [0, 0.1) is 0 Å². The number of ether oxygens (including phenoxy) is 2. The Morgan fingerprint density at radius 2 is 2.00 bits per heavy atom. The van der Waals surface area contributed by atoms with Crippen LogP contribution in [0.2, 0.25) is 0 Å². The number of hydrogen-bond donors (Lipinski definition) is 0. The van der Waals surface area contributed by atoms with E-state index in [1.54, 1.807) is 0 Å². The molecule has 0 N–H and O–H groups in total. The Morgan fingerprint density at radius 3 is 2.42 bits per heavy atom. The van der Waals surface area contributed by atoms with Crippen molar-refractivity contribution in [2.24, 2.45) is 0 Å². The van der Waals surface area contributed by atoms with E-state index in [4.69, 9.17) is 9.47 Å². The Kier molecular flexibility index (Phi) is 6.49. The Labute approximate surface area is 89.1 Å². The molecule has 3 heteroatoms. The zero-order valence-corrected chi connectivity index (χ0v) is 10.6. The average molecular weight is 286 g/mol. The highest BCUT2D eigenvalue weighted by Crippen LogP contribution is 2.18. The number of hydrogen-bond acceptors (Lipinski definition) is 2. The molecule has 0 bridgehead atoms. The van der Waals surface area contributed by atoms with Crippen molar-refractivity contribution >= 4 is 22.6 Å². The van der Waals surface area contributed by atoms with E-state index in [0.29, 0.717) is 6.61 Å². The summed E-state index contributed by atoms with van der Waals surface area (Å²) in [6.45, 7) is 8.83. The van der Waals surface area contributed by atoms with Crippen molar-refractivity contribution in [3.63, 3.8) is 0 Å². The van der Waals surface area contributed by atoms with Crippen molar-refractivity contribution in [3.05, 3.63) is 0 Å². The van der Waals surface area contributed by atoms with Gasteiger partial charge < -0.3 is 9.47 Å². The van der Waals surface area contributed by atoms with Crippen molar-refractivity contribution in [2.45, 2.75) is 46.0 Å². The van der Waals surface area contributed by atoms with Gasteiger partial charge in [-0.2, -0.15) is 0 Å². The fourth-order valence-corrected chi connectivity index (χ4v) is 2.30. The maximum absolute atomic E-state index is 5.69. The molecule has 0 aliphatic rings. The summed E-state index contributed by atoms with van der Waals surface area (Å²) in [5.41, 5.74) is -0.0597. The highest BCUT2D eigenvalue weighted by Gasteiger charge is 2.20. The molecule has 0 heterocycles. The van der Waals surface area contributed by atoms with Crippen LogP contribution < -0.4 is 0 Å². The summed E-state index contributed by atoms with van der Waals surface area (Å²) in [6, 6.07) is 0. The summed E-state index contributed by atoms with van der Waals surface area (Å²) in [7, 11) is 0. The first-order valence-corrected chi connectivity index (χ1v) is 5.90. The molecule has 1 unspecified atom stereocenters. The van der Waals surface area contributed by atoms with Crippen LogP contribution in [0.1, 0.15) is 34.1 Å². The van der Waals surface area contributed by atoms with Crippen LogP contribution in [0.15, 0.2) is 0 Å². The Balaban J connectivity index is 3.70. The molecule has 0 amide bonds. The predicted molar refractivity (Wildman–Crippen MR) is 59.8 cm³/mol. The van der Waals surface area contributed by atoms with Crippen molar-refractivity contribution in [1.29, 1.82) is 0 Å². The van der Waals surface area contributed by atoms with Crippen molar-refractivity contribution in [1.82, 2.24) is 0 Å². The normalized spacial score (nSPS) is 14.8. The van der Waals surface area contributed by atoms with Crippen LogP contribution in [0.4, 0.5) is 0 Å². The van der Waals surface area contributed by atoms with Crippen LogP contribution in [-0.4, -0.2) is 22.9 Å². The zero-order chi connectivity index (χ0) is 9.61. The third-order valence-corrected chi connectivity index (χ3v) is 2.12. The van der Waals surface area contributed by atoms with Gasteiger partial charge in [-0.1, -0.05) is 22.6 Å². The van der Waals surface area contributed by atoms with Gasteiger partial charge in [-0.3, -0.25) is 0 Å². The smallest absolute Gasteiger partial charge is 0.155 e. The molecule has 0 fully saturated rings. The minimum Gasteiger partial charge on any atom is -0.353 e. The molecule has 0 spiro atoms. The lowest BCUT2D eigenvalue weighted by atomic mass is 10.1. The SMILES string of the molecule is CCOC(C)OC(C)(C)CCI. The molecule has 0 rings (SSSR count). The maximum atomic E-state index is 5.69. The first-order valence-electron chi connectivity index (χ1n) is 4.37. The molecular formula is C9H19IO2. The molecule has 0 aliphatic heterocycles. The van der Waals surface area contributed by atoms with E-state index >= 15 is 0 Å². The third-order valence-electron chi connectivity index (χ3n) is 1.58. The van der Waals surface area contributed by atoms with Gasteiger partial charge in [-0.25, -0.2) is 0 Å². The Morgan fingerprint density at radius 1 is 1.42 bits per heavy atom. The van der Waals surface area contributed by atoms with Gasteiger partial charge in [-0.05, 0) is 34.1 Å². The topological polar surface area (TPSA) is 18.5 Å². The van der Waals surface area contributed by atoms with E-state index in [1.807, 2.05) is 13.8 Å². The molecule has 74 valence electrons. The maximum Gasteiger partial charge on any atom is 0.155 e. The second kappa shape index (κ2) is 6.16. The fraction of sp³-hybridized carbons (Fsp3) is 1.00. The minimum absolute atomic E-state index is 0.0597. The molecular weight excluding hydrogens is 267 g/mol. The van der Waals surface area contributed by atoms with E-state index in [0.717, 1.165) is 10.8 Å². The summed E-state index contributed by atoms with van der Waals surface area (Å²) in [5, 5.41) is 0. The Hall–Kier alpha value is 0.650. The summed E-state index contributed by atoms with van der Waals surface area (Å²) < 4.78 is 12.1. The van der Waals surface area contributed by atoms with Gasteiger partial charge in [0.2, 0.25) is 0 Å². The lowest BCUT2D eigenvalue weighted by Gasteiger charge is -2.28. The second-order valence-electron chi connectivity index (χ2n) is 3.34. The third kappa shape index (κ3) is 6.20. The fourth-order valence-electron chi connectivity index (χ4n) is 1.00. The minimum atomic E-state index is -0.0899. The average Bonchev–Trinajstić information content (AvgIpc) is 1.85. The summed E-state index contributed by atoms with van der Waals surface area (Å²) in [5.74, 6) is 0. The number of rotatable bonds is 6. The van der Waals surface area contributed by atoms with Crippen LogP contribution in [0.3, 0.4) is 0 Å². The van der Waals surface area contributed by atoms with Gasteiger partial charge in [0.15, 0.2) is 6.29 Å². The van der Waals surface area contributed by atoms with E-state index in [1.165, 1.54) is 0 Å². The van der Waals surface area contributed by atoms with E-state index in [2.05, 4.69) is 36.4 Å². The summed E-state index contributed by atoms with van der Waals surface area (Å²) in [6.07, 6.45) is 0.971. The predicted octanol–water partition coefficient (Wildman–Crippen LogP) is 2.99. The zero-order valence-electron chi connectivity index (χ0n) is 8.39. The molecule has 12 heavy (non-hydrogen) atoms. The van der Waals surface area contributed by atoms with Gasteiger partial charge in [0.1, 0.15) is 0 Å². The van der Waals surface area contributed by atoms with Gasteiger partial charge >= 0.3 is 0 Å². The largest absolute Gasteiger partial charge is 0.353 e. The quantitative estimate of drug-likeness (QED) is 0.424. The van der Waals surface area contributed by atoms with E-state index in [9.17, 15) is 0 Å². The molecule has 0 aromatic rings. The van der Waals surface area contributed by atoms with Crippen LogP contribution >= 0.6 is 22.6 Å². The van der Waals surface area contributed by atoms with Gasteiger partial charge in [0.25, 0.3) is 0 Å². The first kappa shape index (κ1) is 12.7. The van der Waals surface area contributed by atoms with Crippen molar-refractivity contribution < 1.29 is 9.47 Å². The number of halogens is 1. The molecule has 0 saturated carbocycles. The van der Waals surface area contributed by atoms with Crippen molar-refractivity contribution in [3.8, 4) is 0 Å². The highest BCUT2D eigenvalue weighted by atomic mass is 127. The lowest BCUT2D eigenvalue weighted by Crippen LogP contribution is -2.31. The van der Waals surface area contributed by atoms with Crippen LogP contribution in [-0.2, 0) is 9.47 Å². The molecule has 1 atom stereocenters.